The molecule has 0 saturated heterocycles. The molecule has 0 radical (unpaired) electrons. The van der Waals surface area contributed by atoms with Crippen LogP contribution in [0.4, 0.5) is 10.1 Å². The summed E-state index contributed by atoms with van der Waals surface area (Å²) in [6, 6.07) is 12.8. The molecule has 0 aliphatic carbocycles. The van der Waals surface area contributed by atoms with Crippen LogP contribution in [-0.2, 0) is 11.3 Å². The third-order valence-corrected chi connectivity index (χ3v) is 5.50. The second-order valence-electron chi connectivity index (χ2n) is 6.71. The molecule has 0 fully saturated rings. The topological polar surface area (TPSA) is 99.0 Å². The van der Waals surface area contributed by atoms with Crippen LogP contribution in [0.5, 0.6) is 5.75 Å². The van der Waals surface area contributed by atoms with Crippen molar-refractivity contribution in [1.82, 2.24) is 19.5 Å². The van der Waals surface area contributed by atoms with Gasteiger partial charge in [-0.2, -0.15) is 0 Å². The smallest absolute Gasteiger partial charge is 0.282 e. The lowest BCUT2D eigenvalue weighted by Crippen LogP contribution is -2.25. The second-order valence-corrected chi connectivity index (χ2v) is 7.65. The molecule has 10 heteroatoms. The van der Waals surface area contributed by atoms with Crippen LogP contribution in [0.15, 0.2) is 70.9 Å². The summed E-state index contributed by atoms with van der Waals surface area (Å²) in [5, 5.41) is 3.11. The van der Waals surface area contributed by atoms with Crippen molar-refractivity contribution in [3.8, 4) is 5.75 Å². The Bertz CT molecular complexity index is 1310. The number of nitrogens with zero attached hydrogens (tertiary/aromatic N) is 4. The van der Waals surface area contributed by atoms with E-state index in [2.05, 4.69) is 20.3 Å². The van der Waals surface area contributed by atoms with Crippen LogP contribution >= 0.6 is 11.8 Å². The molecule has 0 atom stereocenters. The zero-order valence-electron chi connectivity index (χ0n) is 17.0. The number of rotatable bonds is 7. The van der Waals surface area contributed by atoms with Gasteiger partial charge in [-0.1, -0.05) is 23.9 Å². The maximum Gasteiger partial charge on any atom is 0.282 e. The van der Waals surface area contributed by atoms with Crippen LogP contribution in [-0.4, -0.2) is 38.3 Å². The third-order valence-electron chi connectivity index (χ3n) is 4.52. The van der Waals surface area contributed by atoms with Crippen LogP contribution in [0.3, 0.4) is 0 Å². The number of thioether (sulfide) groups is 1. The van der Waals surface area contributed by atoms with Gasteiger partial charge in [-0.3, -0.25) is 14.2 Å². The summed E-state index contributed by atoms with van der Waals surface area (Å²) in [6.45, 7) is 0.154. The van der Waals surface area contributed by atoms with Gasteiger partial charge in [-0.15, -0.1) is 0 Å². The van der Waals surface area contributed by atoms with E-state index in [0.717, 1.165) is 11.8 Å². The normalized spacial score (nSPS) is 10.8. The molecule has 4 aromatic rings. The molecule has 2 aromatic heterocycles. The summed E-state index contributed by atoms with van der Waals surface area (Å²) in [5.41, 5.74) is 1.28. The predicted octanol–water partition coefficient (Wildman–Crippen LogP) is 3.11. The fourth-order valence-electron chi connectivity index (χ4n) is 2.95. The first-order chi connectivity index (χ1) is 15.5. The number of benzene rings is 2. The highest BCUT2D eigenvalue weighted by Gasteiger charge is 2.15. The van der Waals surface area contributed by atoms with Crippen LogP contribution in [0, 0.1) is 5.82 Å². The van der Waals surface area contributed by atoms with Crippen molar-refractivity contribution in [2.75, 3.05) is 18.2 Å². The quantitative estimate of drug-likeness (QED) is 0.340. The van der Waals surface area contributed by atoms with E-state index in [1.165, 1.54) is 29.1 Å². The van der Waals surface area contributed by atoms with E-state index < -0.39 is 0 Å². The van der Waals surface area contributed by atoms with Gasteiger partial charge in [0.05, 0.1) is 19.4 Å². The third kappa shape index (κ3) is 4.92. The van der Waals surface area contributed by atoms with E-state index in [9.17, 15) is 14.0 Å². The Morgan fingerprint density at radius 2 is 1.81 bits per heavy atom. The average molecular weight is 451 g/mol. The van der Waals surface area contributed by atoms with Crippen LogP contribution in [0.2, 0.25) is 0 Å². The Morgan fingerprint density at radius 3 is 2.53 bits per heavy atom. The molecule has 0 aliphatic heterocycles. The van der Waals surface area contributed by atoms with Gasteiger partial charge in [0.25, 0.3) is 5.56 Å². The first-order valence-electron chi connectivity index (χ1n) is 9.56. The zero-order valence-corrected chi connectivity index (χ0v) is 17.8. The van der Waals surface area contributed by atoms with Gasteiger partial charge < -0.3 is 10.1 Å². The number of anilines is 1. The maximum atomic E-state index is 13.3. The van der Waals surface area contributed by atoms with E-state index in [0.29, 0.717) is 22.2 Å². The first kappa shape index (κ1) is 21.4. The molecule has 2 heterocycles. The van der Waals surface area contributed by atoms with Crippen molar-refractivity contribution in [1.29, 1.82) is 0 Å². The van der Waals surface area contributed by atoms with E-state index in [1.807, 2.05) is 0 Å². The number of hydrogen-bond donors (Lipinski definition) is 1. The summed E-state index contributed by atoms with van der Waals surface area (Å²) in [5.74, 6) is 0.0762. The molecule has 0 bridgehead atoms. The molecular weight excluding hydrogens is 433 g/mol. The number of hydrogen-bond acceptors (Lipinski definition) is 7. The molecule has 32 heavy (non-hydrogen) atoms. The summed E-state index contributed by atoms with van der Waals surface area (Å²) in [4.78, 5) is 38.1. The summed E-state index contributed by atoms with van der Waals surface area (Å²) >= 11 is 1.11. The van der Waals surface area contributed by atoms with Crippen molar-refractivity contribution in [2.45, 2.75) is 11.7 Å². The highest BCUT2D eigenvalue weighted by atomic mass is 32.2. The van der Waals surface area contributed by atoms with E-state index in [4.69, 9.17) is 4.74 Å². The zero-order chi connectivity index (χ0) is 22.5. The molecular formula is C22H18FN5O3S. The van der Waals surface area contributed by atoms with Crippen molar-refractivity contribution in [3.63, 3.8) is 0 Å². The molecule has 1 amide bonds. The highest BCUT2D eigenvalue weighted by molar-refractivity contribution is 7.99. The second kappa shape index (κ2) is 9.56. The molecule has 2 aromatic carbocycles. The van der Waals surface area contributed by atoms with Gasteiger partial charge in [0.2, 0.25) is 5.91 Å². The van der Waals surface area contributed by atoms with Gasteiger partial charge in [-0.25, -0.2) is 19.3 Å². The first-order valence-corrected chi connectivity index (χ1v) is 10.5. The number of methoxy groups -OCH3 is 1. The number of carbonyl (C=O) groups is 1. The molecule has 0 aliphatic rings. The van der Waals surface area contributed by atoms with Gasteiger partial charge >= 0.3 is 0 Å². The predicted molar refractivity (Wildman–Crippen MR) is 119 cm³/mol. The number of ether oxygens (including phenoxy) is 1. The number of amides is 1. The van der Waals surface area contributed by atoms with E-state index in [-0.39, 0.29) is 40.7 Å². The number of halogens is 1. The van der Waals surface area contributed by atoms with Crippen LogP contribution < -0.4 is 15.6 Å². The lowest BCUT2D eigenvalue weighted by atomic mass is 10.2. The van der Waals surface area contributed by atoms with Crippen molar-refractivity contribution >= 4 is 34.5 Å². The number of nitrogens with one attached hydrogen (secondary N) is 1. The van der Waals surface area contributed by atoms with E-state index in [1.54, 1.807) is 43.5 Å². The van der Waals surface area contributed by atoms with Crippen molar-refractivity contribution in [2.24, 2.45) is 0 Å². The SMILES string of the molecule is COc1ccc(NC(=O)CSc2nc3nccnc3c(=O)n2Cc2ccc(F)cc2)cc1. The minimum atomic E-state index is -0.384. The molecule has 0 spiro atoms. The Kier molecular flexibility index (Phi) is 6.41. The molecule has 0 saturated carbocycles. The lowest BCUT2D eigenvalue weighted by molar-refractivity contribution is -0.113. The molecule has 8 nitrogen and oxygen atoms in total. The van der Waals surface area contributed by atoms with Crippen LogP contribution in [0.1, 0.15) is 5.56 Å². The molecule has 4 rings (SSSR count). The number of carbonyl (C=O) groups excluding carboxylic acids is 1. The summed E-state index contributed by atoms with van der Waals surface area (Å²) < 4.78 is 19.8. The molecule has 0 unspecified atom stereocenters. The molecule has 1 N–H and O–H groups in total. The number of aromatic nitrogens is 4. The minimum absolute atomic E-state index is 0.0215. The highest BCUT2D eigenvalue weighted by Crippen LogP contribution is 2.19. The Labute approximate surface area is 186 Å². The molecule has 162 valence electrons. The Hall–Kier alpha value is -3.79. The van der Waals surface area contributed by atoms with Crippen LogP contribution in [0.25, 0.3) is 11.2 Å². The fraction of sp³-hybridized carbons (Fsp3) is 0.136. The monoisotopic (exact) mass is 451 g/mol. The summed E-state index contributed by atoms with van der Waals surface area (Å²) in [7, 11) is 1.57. The largest absolute Gasteiger partial charge is 0.497 e. The summed E-state index contributed by atoms with van der Waals surface area (Å²) in [6.07, 6.45) is 2.87. The average Bonchev–Trinajstić information content (AvgIpc) is 2.81. The van der Waals surface area contributed by atoms with Gasteiger partial charge in [-0.05, 0) is 42.0 Å². The Balaban J connectivity index is 1.57. The standard InChI is InChI=1S/C22H18FN5O3S/c1-31-17-8-6-16(7-9-17)26-18(29)13-32-22-27-20-19(24-10-11-25-20)21(30)28(22)12-14-2-4-15(23)5-3-14/h2-11H,12-13H2,1H3,(H,26,29). The van der Waals surface area contributed by atoms with Gasteiger partial charge in [0.15, 0.2) is 16.3 Å². The minimum Gasteiger partial charge on any atom is -0.497 e. The Morgan fingerprint density at radius 1 is 1.09 bits per heavy atom. The van der Waals surface area contributed by atoms with Gasteiger partial charge in [0, 0.05) is 18.1 Å². The van der Waals surface area contributed by atoms with E-state index >= 15 is 0 Å². The fourth-order valence-corrected chi connectivity index (χ4v) is 3.74. The number of fused-ring (bicyclic) bond motifs is 1. The lowest BCUT2D eigenvalue weighted by Gasteiger charge is -2.13. The van der Waals surface area contributed by atoms with Gasteiger partial charge in [0.1, 0.15) is 11.6 Å². The van der Waals surface area contributed by atoms with Crippen molar-refractivity contribution in [3.05, 3.63) is 82.7 Å². The maximum absolute atomic E-state index is 13.3. The van der Waals surface area contributed by atoms with Crippen molar-refractivity contribution < 1.29 is 13.9 Å².